The van der Waals surface area contributed by atoms with E-state index in [9.17, 15) is 0 Å². The molecule has 0 radical (unpaired) electrons. The van der Waals surface area contributed by atoms with E-state index in [-0.39, 0.29) is 7.92 Å². The fourth-order valence-corrected chi connectivity index (χ4v) is 5.81. The van der Waals surface area contributed by atoms with Gasteiger partial charge in [-0.2, -0.15) is 0 Å². The molecule has 0 spiro atoms. The number of allylic oxidation sites excluding steroid dienone is 2. The summed E-state index contributed by atoms with van der Waals surface area (Å²) in [6.45, 7) is 6.99. The first-order valence-corrected chi connectivity index (χ1v) is 8.01. The van der Waals surface area contributed by atoms with Crippen molar-refractivity contribution in [2.45, 2.75) is 51.4 Å². The van der Waals surface area contributed by atoms with Gasteiger partial charge >= 0.3 is 0 Å². The maximum Gasteiger partial charge on any atom is 0.0636 e. The number of nitrogens with zero attached hydrogens (tertiary/aromatic N) is 1. The highest BCUT2D eigenvalue weighted by Gasteiger charge is 2.27. The van der Waals surface area contributed by atoms with Crippen LogP contribution >= 0.6 is 7.92 Å². The van der Waals surface area contributed by atoms with Gasteiger partial charge in [-0.05, 0) is 57.6 Å². The Balaban J connectivity index is 2.21. The maximum absolute atomic E-state index is 4.61. The van der Waals surface area contributed by atoms with Crippen molar-refractivity contribution in [3.05, 3.63) is 36.0 Å². The molecule has 2 unspecified atom stereocenters. The summed E-state index contributed by atoms with van der Waals surface area (Å²) in [6.07, 6.45) is 8.23. The van der Waals surface area contributed by atoms with Gasteiger partial charge in [0, 0.05) is 6.20 Å². The molecule has 1 heterocycles. The first-order valence-electron chi connectivity index (χ1n) is 6.53. The molecule has 0 aromatic carbocycles. The summed E-state index contributed by atoms with van der Waals surface area (Å²) in [6, 6.07) is 6.37. The second-order valence-electron chi connectivity index (χ2n) is 5.17. The molecule has 1 aliphatic rings. The van der Waals surface area contributed by atoms with Crippen LogP contribution in [-0.2, 0) is 0 Å². The van der Waals surface area contributed by atoms with Crippen LogP contribution in [0.2, 0.25) is 0 Å². The molecule has 0 aliphatic heterocycles. The predicted molar refractivity (Wildman–Crippen MR) is 77.3 cm³/mol. The largest absolute Gasteiger partial charge is 0.257 e. The topological polar surface area (TPSA) is 12.9 Å². The summed E-state index contributed by atoms with van der Waals surface area (Å²) in [5.74, 6) is 0. The first-order chi connectivity index (χ1) is 8.18. The van der Waals surface area contributed by atoms with Crippen LogP contribution in [0.5, 0.6) is 0 Å². The van der Waals surface area contributed by atoms with Crippen LogP contribution < -0.4 is 5.44 Å². The van der Waals surface area contributed by atoms with Gasteiger partial charge in [-0.25, -0.2) is 0 Å². The lowest BCUT2D eigenvalue weighted by Crippen LogP contribution is -2.23. The molecule has 2 atom stereocenters. The lowest BCUT2D eigenvalue weighted by molar-refractivity contribution is 0.706. The van der Waals surface area contributed by atoms with Gasteiger partial charge in [0.25, 0.3) is 0 Å². The second kappa shape index (κ2) is 5.78. The third kappa shape index (κ3) is 3.16. The Morgan fingerprint density at radius 2 is 2.18 bits per heavy atom. The molecule has 0 amide bonds. The van der Waals surface area contributed by atoms with Gasteiger partial charge in [0.1, 0.15) is 0 Å². The maximum atomic E-state index is 4.61. The first kappa shape index (κ1) is 12.8. The smallest absolute Gasteiger partial charge is 0.0636 e. The molecule has 0 saturated carbocycles. The summed E-state index contributed by atoms with van der Waals surface area (Å²) >= 11 is 0. The van der Waals surface area contributed by atoms with Crippen LogP contribution in [0.4, 0.5) is 0 Å². The fraction of sp³-hybridized carbons (Fsp3) is 0.533. The molecule has 2 rings (SSSR count). The van der Waals surface area contributed by atoms with Crippen molar-refractivity contribution in [2.24, 2.45) is 0 Å². The van der Waals surface area contributed by atoms with E-state index in [4.69, 9.17) is 0 Å². The zero-order valence-corrected chi connectivity index (χ0v) is 12.0. The Hall–Kier alpha value is -0.680. The van der Waals surface area contributed by atoms with Crippen molar-refractivity contribution in [2.75, 3.05) is 0 Å². The third-order valence-corrected chi connectivity index (χ3v) is 6.55. The molecular formula is C15H22NP. The number of pyridine rings is 1. The molecule has 0 bridgehead atoms. The van der Waals surface area contributed by atoms with E-state index in [1.54, 1.807) is 5.57 Å². The quantitative estimate of drug-likeness (QED) is 0.579. The average molecular weight is 247 g/mol. The third-order valence-electron chi connectivity index (χ3n) is 3.41. The highest BCUT2D eigenvalue weighted by molar-refractivity contribution is 7.66. The summed E-state index contributed by atoms with van der Waals surface area (Å²) in [5.41, 5.74) is 4.49. The van der Waals surface area contributed by atoms with Crippen LogP contribution in [-0.4, -0.2) is 16.3 Å². The van der Waals surface area contributed by atoms with E-state index in [1.165, 1.54) is 24.7 Å². The van der Waals surface area contributed by atoms with Gasteiger partial charge < -0.3 is 0 Å². The summed E-state index contributed by atoms with van der Waals surface area (Å²) in [7, 11) is -0.111. The Kier molecular flexibility index (Phi) is 4.34. The number of hydrogen-bond acceptors (Lipinski definition) is 1. The minimum absolute atomic E-state index is 0.111. The van der Waals surface area contributed by atoms with Gasteiger partial charge in [-0.15, -0.1) is 0 Å². The number of hydrogen-bond donors (Lipinski definition) is 0. The Morgan fingerprint density at radius 3 is 2.76 bits per heavy atom. The zero-order chi connectivity index (χ0) is 12.3. The summed E-state index contributed by atoms with van der Waals surface area (Å²) < 4.78 is 0. The van der Waals surface area contributed by atoms with Gasteiger partial charge in [0.15, 0.2) is 0 Å². The molecule has 17 heavy (non-hydrogen) atoms. The molecule has 92 valence electrons. The standard InChI is InChI=1S/C15H22NP/c1-12(2)17(15-9-4-5-10-16-15)14-8-6-7-13(3)11-14/h4-5,7,9-10,12,14H,6,8,11H2,1-3H3. The van der Waals surface area contributed by atoms with E-state index >= 15 is 0 Å². The Labute approximate surface area is 106 Å². The van der Waals surface area contributed by atoms with Crippen LogP contribution in [0.25, 0.3) is 0 Å². The summed E-state index contributed by atoms with van der Waals surface area (Å²) in [5, 5.41) is 0. The van der Waals surface area contributed by atoms with Crippen LogP contribution in [0.15, 0.2) is 36.0 Å². The summed E-state index contributed by atoms with van der Waals surface area (Å²) in [4.78, 5) is 4.61. The van der Waals surface area contributed by atoms with Crippen molar-refractivity contribution >= 4 is 13.4 Å². The highest BCUT2D eigenvalue weighted by atomic mass is 31.1. The van der Waals surface area contributed by atoms with Crippen molar-refractivity contribution < 1.29 is 0 Å². The molecule has 1 aromatic rings. The van der Waals surface area contributed by atoms with E-state index < -0.39 is 0 Å². The van der Waals surface area contributed by atoms with Gasteiger partial charge in [0.2, 0.25) is 0 Å². The highest BCUT2D eigenvalue weighted by Crippen LogP contribution is 2.49. The molecule has 0 saturated heterocycles. The molecule has 1 nitrogen and oxygen atoms in total. The fourth-order valence-electron chi connectivity index (χ4n) is 2.70. The van der Waals surface area contributed by atoms with Crippen LogP contribution in [0.1, 0.15) is 40.0 Å². The number of aromatic nitrogens is 1. The van der Waals surface area contributed by atoms with E-state index in [0.29, 0.717) is 0 Å². The molecule has 0 fully saturated rings. The van der Waals surface area contributed by atoms with Crippen LogP contribution in [0, 0.1) is 0 Å². The average Bonchev–Trinajstić information content (AvgIpc) is 2.30. The molecule has 1 aromatic heterocycles. The molecule has 0 N–H and O–H groups in total. The predicted octanol–water partition coefficient (Wildman–Crippen LogP) is 4.10. The van der Waals surface area contributed by atoms with Gasteiger partial charge in [-0.1, -0.05) is 31.6 Å². The number of rotatable bonds is 3. The monoisotopic (exact) mass is 247 g/mol. The van der Waals surface area contributed by atoms with Crippen molar-refractivity contribution in [3.8, 4) is 0 Å². The minimum atomic E-state index is -0.111. The van der Waals surface area contributed by atoms with E-state index in [0.717, 1.165) is 11.3 Å². The normalized spacial score (nSPS) is 22.4. The second-order valence-corrected chi connectivity index (χ2v) is 8.21. The van der Waals surface area contributed by atoms with Crippen LogP contribution in [0.3, 0.4) is 0 Å². The Morgan fingerprint density at radius 1 is 1.35 bits per heavy atom. The molecule has 2 heteroatoms. The molecule has 1 aliphatic carbocycles. The zero-order valence-electron chi connectivity index (χ0n) is 11.1. The Bertz CT molecular complexity index is 383. The van der Waals surface area contributed by atoms with E-state index in [2.05, 4.69) is 44.0 Å². The van der Waals surface area contributed by atoms with Crippen molar-refractivity contribution in [1.82, 2.24) is 4.98 Å². The lowest BCUT2D eigenvalue weighted by Gasteiger charge is -2.32. The minimum Gasteiger partial charge on any atom is -0.257 e. The van der Waals surface area contributed by atoms with Gasteiger partial charge in [-0.3, -0.25) is 4.98 Å². The van der Waals surface area contributed by atoms with Crippen molar-refractivity contribution in [3.63, 3.8) is 0 Å². The molecular weight excluding hydrogens is 225 g/mol. The van der Waals surface area contributed by atoms with E-state index in [1.807, 2.05) is 12.3 Å². The lowest BCUT2D eigenvalue weighted by atomic mass is 10.0. The SMILES string of the molecule is CC1=CCCC(P(c2ccccn2)C(C)C)C1. The van der Waals surface area contributed by atoms with Crippen molar-refractivity contribution in [1.29, 1.82) is 0 Å². The van der Waals surface area contributed by atoms with Gasteiger partial charge in [0.05, 0.1) is 5.44 Å².